The minimum Gasteiger partial charge on any atom is -0.497 e. The van der Waals surface area contributed by atoms with Crippen LogP contribution in [0.25, 0.3) is 0 Å². The second-order valence-electron chi connectivity index (χ2n) is 8.51. The molecule has 0 N–H and O–H groups in total. The molecule has 0 amide bonds. The summed E-state index contributed by atoms with van der Waals surface area (Å²) in [6, 6.07) is 39.4. The number of ether oxygens (including phenoxy) is 2. The van der Waals surface area contributed by atoms with Crippen molar-refractivity contribution < 1.29 is 9.47 Å². The molecule has 2 nitrogen and oxygen atoms in total. The summed E-state index contributed by atoms with van der Waals surface area (Å²) in [4.78, 5) is 0. The van der Waals surface area contributed by atoms with Gasteiger partial charge in [-0.15, -0.1) is 0 Å². The minimum absolute atomic E-state index is 0.274. The Hall–Kier alpha value is -3.56. The molecule has 4 aromatic rings. The molecule has 1 aliphatic rings. The van der Waals surface area contributed by atoms with Crippen molar-refractivity contribution >= 4 is 18.4 Å². The second kappa shape index (κ2) is 9.12. The van der Waals surface area contributed by atoms with E-state index in [4.69, 9.17) is 9.47 Å². The van der Waals surface area contributed by atoms with Crippen LogP contribution in [0.2, 0.25) is 0 Å². The van der Waals surface area contributed by atoms with Crippen molar-refractivity contribution in [3.8, 4) is 11.5 Å². The van der Waals surface area contributed by atoms with Gasteiger partial charge in [-0.2, -0.15) is 0 Å². The number of allylic oxidation sites excluding steroid dienone is 1. The summed E-state index contributed by atoms with van der Waals surface area (Å²) in [7, 11) is 1.13. The monoisotopic (exact) mass is 448 g/mol. The van der Waals surface area contributed by atoms with Crippen molar-refractivity contribution in [1.82, 2.24) is 0 Å². The van der Waals surface area contributed by atoms with E-state index in [1.807, 2.05) is 0 Å². The maximum atomic E-state index is 5.47. The molecule has 0 bridgehead atoms. The van der Waals surface area contributed by atoms with Crippen molar-refractivity contribution in [2.45, 2.75) is 11.5 Å². The summed E-state index contributed by atoms with van der Waals surface area (Å²) in [6.07, 6.45) is 2.45. The topological polar surface area (TPSA) is 18.5 Å². The van der Waals surface area contributed by atoms with Crippen molar-refractivity contribution in [1.29, 1.82) is 0 Å². The lowest BCUT2D eigenvalue weighted by atomic mass is 9.91. The van der Waals surface area contributed by atoms with Crippen LogP contribution in [0.4, 0.5) is 0 Å². The predicted octanol–water partition coefficient (Wildman–Crippen LogP) is 5.48. The summed E-state index contributed by atoms with van der Waals surface area (Å²) in [6.45, 7) is 0. The highest BCUT2D eigenvalue weighted by molar-refractivity contribution is 7.07. The first-order valence-electron chi connectivity index (χ1n) is 11.3. The van der Waals surface area contributed by atoms with Crippen LogP contribution in [0.1, 0.15) is 22.6 Å². The molecule has 0 radical (unpaired) electrons. The molecule has 0 saturated carbocycles. The quantitative estimate of drug-likeness (QED) is 0.364. The molecule has 0 aromatic heterocycles. The second-order valence-corrected chi connectivity index (χ2v) is 12.4. The molecule has 1 aliphatic heterocycles. The van der Waals surface area contributed by atoms with Crippen LogP contribution in [0.5, 0.6) is 11.5 Å². The van der Waals surface area contributed by atoms with E-state index in [0.717, 1.165) is 11.5 Å². The van der Waals surface area contributed by atoms with E-state index < -0.39 is 8.07 Å². The van der Waals surface area contributed by atoms with Crippen LogP contribution in [0.3, 0.4) is 0 Å². The largest absolute Gasteiger partial charge is 0.497 e. The fraction of sp³-hybridized carbons (Fsp3) is 0.133. The van der Waals surface area contributed by atoms with E-state index >= 15 is 0 Å². The van der Waals surface area contributed by atoms with E-state index in [1.165, 1.54) is 21.5 Å². The van der Waals surface area contributed by atoms with Crippen molar-refractivity contribution in [3.63, 3.8) is 0 Å². The number of hydrogen-bond acceptors (Lipinski definition) is 2. The zero-order chi connectivity index (χ0) is 22.7. The molecule has 164 valence electrons. The first-order valence-corrected chi connectivity index (χ1v) is 13.5. The highest BCUT2D eigenvalue weighted by Gasteiger charge is 2.50. The highest BCUT2D eigenvalue weighted by atomic mass is 28.3. The average Bonchev–Trinajstić information content (AvgIpc) is 3.31. The van der Waals surface area contributed by atoms with Crippen molar-refractivity contribution in [2.75, 3.05) is 14.2 Å². The van der Waals surface area contributed by atoms with Gasteiger partial charge in [0, 0.05) is 11.5 Å². The Balaban J connectivity index is 1.73. The summed E-state index contributed by atoms with van der Waals surface area (Å²) in [5.41, 5.74) is 5.54. The Bertz CT molecular complexity index is 1180. The van der Waals surface area contributed by atoms with Gasteiger partial charge in [-0.1, -0.05) is 96.7 Å². The fourth-order valence-corrected chi connectivity index (χ4v) is 10.5. The maximum Gasteiger partial charge on any atom is 0.149 e. The summed E-state index contributed by atoms with van der Waals surface area (Å²) in [5, 5.41) is 2.87. The average molecular weight is 449 g/mol. The first-order chi connectivity index (χ1) is 16.3. The van der Waals surface area contributed by atoms with Gasteiger partial charge in [0.25, 0.3) is 0 Å². The standard InChI is InChI=1S/C30H28O2Si/c1-31-25-17-13-23(14-18-25)29-21-22-33(27-9-5-3-6-10-27,28-11-7-4-8-12-28)30(29)24-15-19-26(32-2)20-16-24/h3-22,29-30H,1-2H3. The molecule has 5 rings (SSSR count). The lowest BCUT2D eigenvalue weighted by Gasteiger charge is -2.37. The van der Waals surface area contributed by atoms with Crippen molar-refractivity contribution in [2.24, 2.45) is 0 Å². The van der Waals surface area contributed by atoms with Gasteiger partial charge < -0.3 is 9.47 Å². The lowest BCUT2D eigenvalue weighted by molar-refractivity contribution is 0.414. The Morgan fingerprint density at radius 2 is 1.00 bits per heavy atom. The molecular weight excluding hydrogens is 420 g/mol. The Morgan fingerprint density at radius 1 is 0.545 bits per heavy atom. The molecule has 3 heteroatoms. The lowest BCUT2D eigenvalue weighted by Crippen LogP contribution is -2.60. The summed E-state index contributed by atoms with van der Waals surface area (Å²) < 4.78 is 10.9. The molecular formula is C30H28O2Si. The molecule has 4 aromatic carbocycles. The molecule has 0 saturated heterocycles. The third kappa shape index (κ3) is 3.79. The Morgan fingerprint density at radius 3 is 1.45 bits per heavy atom. The third-order valence-corrected chi connectivity index (χ3v) is 11.9. The molecule has 0 fully saturated rings. The molecule has 2 atom stereocenters. The Kier molecular flexibility index (Phi) is 5.89. The van der Waals surface area contributed by atoms with Gasteiger partial charge in [-0.05, 0) is 45.8 Å². The third-order valence-electron chi connectivity index (χ3n) is 6.89. The normalized spacial score (nSPS) is 18.7. The van der Waals surface area contributed by atoms with Crippen LogP contribution >= 0.6 is 0 Å². The van der Waals surface area contributed by atoms with Gasteiger partial charge in [0.2, 0.25) is 0 Å². The summed E-state index contributed by atoms with van der Waals surface area (Å²) >= 11 is 0. The number of benzene rings is 4. The van der Waals surface area contributed by atoms with E-state index in [0.29, 0.717) is 5.54 Å². The van der Waals surface area contributed by atoms with E-state index in [9.17, 15) is 0 Å². The van der Waals surface area contributed by atoms with Gasteiger partial charge in [-0.25, -0.2) is 0 Å². The van der Waals surface area contributed by atoms with Gasteiger partial charge in [0.05, 0.1) is 14.2 Å². The fourth-order valence-electron chi connectivity index (χ4n) is 5.31. The van der Waals surface area contributed by atoms with E-state index in [2.05, 4.69) is 121 Å². The first kappa shape index (κ1) is 21.3. The maximum absolute atomic E-state index is 5.47. The van der Waals surface area contributed by atoms with Gasteiger partial charge >= 0.3 is 0 Å². The molecule has 1 heterocycles. The van der Waals surface area contributed by atoms with Gasteiger partial charge in [0.1, 0.15) is 19.6 Å². The zero-order valence-electron chi connectivity index (χ0n) is 19.0. The van der Waals surface area contributed by atoms with Crippen molar-refractivity contribution in [3.05, 3.63) is 132 Å². The SMILES string of the molecule is COc1ccc(C2C=C[Si](c3ccccc3)(c3ccccc3)C2c2ccc(OC)cc2)cc1. The predicted molar refractivity (Wildman–Crippen MR) is 139 cm³/mol. The van der Waals surface area contributed by atoms with Gasteiger partial charge in [0.15, 0.2) is 0 Å². The van der Waals surface area contributed by atoms with Gasteiger partial charge in [-0.3, -0.25) is 0 Å². The minimum atomic E-state index is -2.30. The highest BCUT2D eigenvalue weighted by Crippen LogP contribution is 2.46. The van der Waals surface area contributed by atoms with Crippen LogP contribution in [-0.4, -0.2) is 22.3 Å². The molecule has 0 aliphatic carbocycles. The molecule has 2 unspecified atom stereocenters. The zero-order valence-corrected chi connectivity index (χ0v) is 20.0. The van der Waals surface area contributed by atoms with Crippen LogP contribution < -0.4 is 19.8 Å². The number of rotatable bonds is 6. The van der Waals surface area contributed by atoms with Crippen LogP contribution in [0, 0.1) is 0 Å². The van der Waals surface area contributed by atoms with Crippen LogP contribution in [-0.2, 0) is 0 Å². The number of methoxy groups -OCH3 is 2. The Labute approximate surface area is 197 Å². The van der Waals surface area contributed by atoms with E-state index in [1.54, 1.807) is 14.2 Å². The molecule has 33 heavy (non-hydrogen) atoms. The number of hydrogen-bond donors (Lipinski definition) is 0. The van der Waals surface area contributed by atoms with E-state index in [-0.39, 0.29) is 5.92 Å². The van der Waals surface area contributed by atoms with Crippen LogP contribution in [0.15, 0.2) is 121 Å². The summed E-state index contributed by atoms with van der Waals surface area (Å²) in [5.74, 6) is 2.05. The smallest absolute Gasteiger partial charge is 0.149 e. The molecule has 0 spiro atoms.